The molecular weight excluding hydrogens is 396 g/mol. The lowest BCUT2D eigenvalue weighted by Crippen LogP contribution is -2.32. The van der Waals surface area contributed by atoms with E-state index in [0.717, 1.165) is 55.3 Å². The van der Waals surface area contributed by atoms with Crippen molar-refractivity contribution in [2.24, 2.45) is 0 Å². The van der Waals surface area contributed by atoms with E-state index in [1.807, 2.05) is 18.3 Å². The highest BCUT2D eigenvalue weighted by atomic mass is 19.1. The van der Waals surface area contributed by atoms with E-state index in [9.17, 15) is 8.78 Å². The molecule has 0 N–H and O–H groups in total. The fourth-order valence-corrected chi connectivity index (χ4v) is 5.70. The number of halogens is 2. The summed E-state index contributed by atoms with van der Waals surface area (Å²) in [5.74, 6) is -0.128. The molecule has 1 aliphatic heterocycles. The van der Waals surface area contributed by atoms with Gasteiger partial charge in [0, 0.05) is 19.3 Å². The number of benzene rings is 1. The zero-order valence-corrected chi connectivity index (χ0v) is 17.2. The molecule has 0 radical (unpaired) electrons. The Hall–Kier alpha value is -2.96. The molecule has 1 saturated heterocycles. The summed E-state index contributed by atoms with van der Waals surface area (Å²) in [4.78, 5) is 11.8. The van der Waals surface area contributed by atoms with Crippen LogP contribution in [0.15, 0.2) is 36.5 Å². The largest absolute Gasteiger partial charge is 0.341 e. The summed E-state index contributed by atoms with van der Waals surface area (Å²) in [6.07, 6.45) is 8.34. The number of aromatic nitrogens is 4. The summed E-state index contributed by atoms with van der Waals surface area (Å²) >= 11 is 0. The van der Waals surface area contributed by atoms with E-state index in [4.69, 9.17) is 4.98 Å². The van der Waals surface area contributed by atoms with Crippen LogP contribution in [0.4, 0.5) is 14.7 Å². The van der Waals surface area contributed by atoms with Crippen LogP contribution in [0.2, 0.25) is 0 Å². The molecule has 0 unspecified atom stereocenters. The van der Waals surface area contributed by atoms with E-state index < -0.39 is 11.6 Å². The molecule has 3 aromatic rings. The van der Waals surface area contributed by atoms with Crippen molar-refractivity contribution in [3.05, 3.63) is 65.1 Å². The minimum Gasteiger partial charge on any atom is -0.341 e. The summed E-state index contributed by atoms with van der Waals surface area (Å²) in [6, 6.07) is 7.70. The quantitative estimate of drug-likeness (QED) is 0.612. The Morgan fingerprint density at radius 3 is 2.61 bits per heavy atom. The van der Waals surface area contributed by atoms with E-state index in [2.05, 4.69) is 20.1 Å². The molecule has 0 amide bonds. The Kier molecular flexibility index (Phi) is 4.26. The predicted molar refractivity (Wildman–Crippen MR) is 113 cm³/mol. The first-order valence-corrected chi connectivity index (χ1v) is 11.1. The van der Waals surface area contributed by atoms with Crippen molar-refractivity contribution in [1.29, 1.82) is 0 Å². The summed E-state index contributed by atoms with van der Waals surface area (Å²) < 4.78 is 28.6. The van der Waals surface area contributed by atoms with Gasteiger partial charge in [-0.05, 0) is 74.3 Å². The summed E-state index contributed by atoms with van der Waals surface area (Å²) in [7, 11) is 0. The Labute approximate surface area is 179 Å². The van der Waals surface area contributed by atoms with Crippen LogP contribution in [0.1, 0.15) is 61.4 Å². The van der Waals surface area contributed by atoms with Crippen molar-refractivity contribution in [3.63, 3.8) is 0 Å². The van der Waals surface area contributed by atoms with Gasteiger partial charge in [0.2, 0.25) is 5.95 Å². The Balaban J connectivity index is 1.41. The zero-order chi connectivity index (χ0) is 21.0. The average Bonchev–Trinajstić information content (AvgIpc) is 3.39. The van der Waals surface area contributed by atoms with Crippen LogP contribution in [0, 0.1) is 11.6 Å². The van der Waals surface area contributed by atoms with Crippen molar-refractivity contribution in [2.75, 3.05) is 18.0 Å². The molecule has 7 heteroatoms. The molecule has 2 fully saturated rings. The van der Waals surface area contributed by atoms with Crippen molar-refractivity contribution >= 4 is 5.95 Å². The summed E-state index contributed by atoms with van der Waals surface area (Å²) in [6.45, 7) is 1.99. The normalized spacial score (nSPS) is 24.5. The first-order chi connectivity index (χ1) is 15.2. The van der Waals surface area contributed by atoms with Gasteiger partial charge in [0.15, 0.2) is 0 Å². The topological polar surface area (TPSA) is 54.8 Å². The van der Waals surface area contributed by atoms with Crippen molar-refractivity contribution in [2.45, 2.75) is 49.9 Å². The third-order valence-corrected chi connectivity index (χ3v) is 7.22. The van der Waals surface area contributed by atoms with E-state index in [-0.39, 0.29) is 16.7 Å². The van der Waals surface area contributed by atoms with Gasteiger partial charge in [0.25, 0.3) is 0 Å². The first kappa shape index (κ1) is 18.8. The van der Waals surface area contributed by atoms with Gasteiger partial charge >= 0.3 is 0 Å². The van der Waals surface area contributed by atoms with Gasteiger partial charge in [-0.15, -0.1) is 5.10 Å². The third-order valence-electron chi connectivity index (χ3n) is 7.22. The number of hydrogen-bond acceptors (Lipinski definition) is 5. The average molecular weight is 419 g/mol. The van der Waals surface area contributed by atoms with E-state index in [0.29, 0.717) is 5.92 Å². The maximum absolute atomic E-state index is 14.3. The number of rotatable bonds is 3. The molecule has 158 valence electrons. The molecule has 2 aliphatic carbocycles. The minimum atomic E-state index is -0.617. The van der Waals surface area contributed by atoms with Crippen molar-refractivity contribution in [1.82, 2.24) is 20.2 Å². The number of nitrogens with zero attached hydrogens (tertiary/aromatic N) is 5. The molecule has 3 heterocycles. The minimum absolute atomic E-state index is 0.107. The molecule has 3 aliphatic rings. The van der Waals surface area contributed by atoms with Crippen LogP contribution in [-0.4, -0.2) is 33.3 Å². The van der Waals surface area contributed by atoms with Crippen LogP contribution in [0.5, 0.6) is 0 Å². The van der Waals surface area contributed by atoms with E-state index in [1.54, 1.807) is 0 Å². The molecule has 31 heavy (non-hydrogen) atoms. The molecule has 5 nitrogen and oxygen atoms in total. The number of piperidine rings is 1. The third kappa shape index (κ3) is 2.86. The molecule has 2 atom stereocenters. The van der Waals surface area contributed by atoms with Crippen LogP contribution in [0.25, 0.3) is 11.3 Å². The summed E-state index contributed by atoms with van der Waals surface area (Å²) in [5, 5.41) is 8.79. The Morgan fingerprint density at radius 2 is 1.81 bits per heavy atom. The van der Waals surface area contributed by atoms with Gasteiger partial charge in [-0.25, -0.2) is 18.7 Å². The standard InChI is InChI=1S/C24H23F2N5/c25-17-5-4-6-18(26)21(17)19-13-16-15-7-9-24(14-15,22(16)30-29-19)20-8-10-27-23(28-20)31-11-2-1-3-12-31/h4-6,8,10,13,15H,1-3,7,9,11-12,14H2/t15-,24+/m1/s1. The second kappa shape index (κ2) is 7.04. The van der Waals surface area contributed by atoms with Crippen LogP contribution >= 0.6 is 0 Å². The number of hydrogen-bond donors (Lipinski definition) is 0. The lowest BCUT2D eigenvalue weighted by atomic mass is 9.80. The van der Waals surface area contributed by atoms with Gasteiger partial charge in [0.1, 0.15) is 11.6 Å². The number of anilines is 1. The van der Waals surface area contributed by atoms with Crippen LogP contribution in [0.3, 0.4) is 0 Å². The fraction of sp³-hybridized carbons (Fsp3) is 0.417. The van der Waals surface area contributed by atoms with Crippen molar-refractivity contribution < 1.29 is 8.78 Å². The van der Waals surface area contributed by atoms with Gasteiger partial charge in [0.05, 0.1) is 28.1 Å². The maximum atomic E-state index is 14.3. The molecule has 2 bridgehead atoms. The van der Waals surface area contributed by atoms with Gasteiger partial charge in [-0.3, -0.25) is 0 Å². The van der Waals surface area contributed by atoms with Crippen LogP contribution in [-0.2, 0) is 5.41 Å². The van der Waals surface area contributed by atoms with Crippen LogP contribution < -0.4 is 4.90 Å². The smallest absolute Gasteiger partial charge is 0.225 e. The molecular formula is C24H23F2N5. The van der Waals surface area contributed by atoms with Gasteiger partial charge in [-0.2, -0.15) is 5.10 Å². The molecule has 1 aromatic carbocycles. The molecule has 0 spiro atoms. The zero-order valence-electron chi connectivity index (χ0n) is 17.2. The SMILES string of the molecule is Fc1cccc(F)c1-c1cc2c(nn1)[C@@]1(c3ccnc(N4CCCCC4)n3)CC[C@@H]2C1. The predicted octanol–water partition coefficient (Wildman–Crippen LogP) is 4.77. The second-order valence-corrected chi connectivity index (χ2v) is 8.94. The fourth-order valence-electron chi connectivity index (χ4n) is 5.70. The second-order valence-electron chi connectivity index (χ2n) is 8.94. The van der Waals surface area contributed by atoms with E-state index >= 15 is 0 Å². The monoisotopic (exact) mass is 419 g/mol. The highest BCUT2D eigenvalue weighted by molar-refractivity contribution is 5.63. The highest BCUT2D eigenvalue weighted by Gasteiger charge is 2.53. The molecule has 1 saturated carbocycles. The Morgan fingerprint density at radius 1 is 1.00 bits per heavy atom. The van der Waals surface area contributed by atoms with E-state index in [1.165, 1.54) is 37.5 Å². The highest BCUT2D eigenvalue weighted by Crippen LogP contribution is 2.59. The first-order valence-electron chi connectivity index (χ1n) is 11.1. The maximum Gasteiger partial charge on any atom is 0.225 e. The van der Waals surface area contributed by atoms with Gasteiger partial charge in [-0.1, -0.05) is 6.07 Å². The van der Waals surface area contributed by atoms with Crippen molar-refractivity contribution in [3.8, 4) is 11.3 Å². The lowest BCUT2D eigenvalue weighted by Gasteiger charge is -2.30. The Bertz CT molecular complexity index is 1140. The molecule has 6 rings (SSSR count). The summed E-state index contributed by atoms with van der Waals surface area (Å²) in [5.41, 5.74) is 2.82. The lowest BCUT2D eigenvalue weighted by molar-refractivity contribution is 0.504. The van der Waals surface area contributed by atoms with Gasteiger partial charge < -0.3 is 4.90 Å². The number of fused-ring (bicyclic) bond motifs is 5. The molecule has 2 aromatic heterocycles.